The van der Waals surface area contributed by atoms with E-state index in [0.717, 1.165) is 0 Å². The molecule has 0 bridgehead atoms. The normalized spacial score (nSPS) is 14.0. The first-order valence-electron chi connectivity index (χ1n) is 3.67. The molecule has 5 heteroatoms. The lowest BCUT2D eigenvalue weighted by Gasteiger charge is -2.34. The van der Waals surface area contributed by atoms with Crippen LogP contribution in [0.1, 0.15) is 13.8 Å². The molecule has 0 spiro atoms. The van der Waals surface area contributed by atoms with Gasteiger partial charge in [-0.2, -0.15) is 13.2 Å². The Hall–Kier alpha value is -0.290. The van der Waals surface area contributed by atoms with E-state index in [1.54, 1.807) is 13.8 Å². The SMILES string of the molecule is CN(CC(F)(F)F)C(C)(C)CN. The highest BCUT2D eigenvalue weighted by Crippen LogP contribution is 2.20. The van der Waals surface area contributed by atoms with Crippen molar-refractivity contribution < 1.29 is 13.2 Å². The number of nitrogens with two attached hydrogens (primary N) is 1. The Morgan fingerprint density at radius 1 is 1.25 bits per heavy atom. The second-order valence-corrected chi connectivity index (χ2v) is 3.49. The molecule has 0 aliphatic rings. The van der Waals surface area contributed by atoms with Gasteiger partial charge < -0.3 is 5.73 Å². The molecule has 2 nitrogen and oxygen atoms in total. The van der Waals surface area contributed by atoms with Crippen LogP contribution < -0.4 is 5.73 Å². The first-order chi connectivity index (χ1) is 5.19. The van der Waals surface area contributed by atoms with E-state index in [2.05, 4.69) is 0 Å². The van der Waals surface area contributed by atoms with Gasteiger partial charge in [0.05, 0.1) is 6.54 Å². The summed E-state index contributed by atoms with van der Waals surface area (Å²) in [6.07, 6.45) is -4.15. The Morgan fingerprint density at radius 2 is 1.67 bits per heavy atom. The van der Waals surface area contributed by atoms with Crippen molar-refractivity contribution in [2.24, 2.45) is 5.73 Å². The van der Waals surface area contributed by atoms with Crippen LogP contribution in [0, 0.1) is 0 Å². The predicted octanol–water partition coefficient (Wildman–Crippen LogP) is 1.22. The van der Waals surface area contributed by atoms with Gasteiger partial charge in [-0.25, -0.2) is 0 Å². The van der Waals surface area contributed by atoms with Gasteiger partial charge in [-0.05, 0) is 20.9 Å². The van der Waals surface area contributed by atoms with Crippen LogP contribution in [0.25, 0.3) is 0 Å². The molecule has 0 saturated carbocycles. The van der Waals surface area contributed by atoms with E-state index in [9.17, 15) is 13.2 Å². The number of hydrogen-bond donors (Lipinski definition) is 1. The van der Waals surface area contributed by atoms with Gasteiger partial charge in [-0.15, -0.1) is 0 Å². The zero-order valence-corrected chi connectivity index (χ0v) is 7.57. The number of nitrogens with zero attached hydrogens (tertiary/aromatic N) is 1. The van der Waals surface area contributed by atoms with Crippen molar-refractivity contribution in [3.05, 3.63) is 0 Å². The summed E-state index contributed by atoms with van der Waals surface area (Å²) in [5, 5.41) is 0. The largest absolute Gasteiger partial charge is 0.401 e. The summed E-state index contributed by atoms with van der Waals surface area (Å²) in [5.74, 6) is 0. The van der Waals surface area contributed by atoms with Gasteiger partial charge in [0.1, 0.15) is 0 Å². The monoisotopic (exact) mass is 184 g/mol. The van der Waals surface area contributed by atoms with E-state index >= 15 is 0 Å². The van der Waals surface area contributed by atoms with Gasteiger partial charge in [0.2, 0.25) is 0 Å². The fourth-order valence-electron chi connectivity index (χ4n) is 0.639. The summed E-state index contributed by atoms with van der Waals surface area (Å²) in [4.78, 5) is 1.20. The molecule has 0 rings (SSSR count). The van der Waals surface area contributed by atoms with Crippen LogP contribution in [0.4, 0.5) is 13.2 Å². The topological polar surface area (TPSA) is 29.3 Å². The molecule has 74 valence electrons. The van der Waals surface area contributed by atoms with Crippen LogP contribution in [-0.2, 0) is 0 Å². The number of likely N-dealkylation sites (N-methyl/N-ethyl adjacent to an activating group) is 1. The maximum Gasteiger partial charge on any atom is 0.401 e. The van der Waals surface area contributed by atoms with Gasteiger partial charge in [0, 0.05) is 12.1 Å². The van der Waals surface area contributed by atoms with Crippen LogP contribution >= 0.6 is 0 Å². The highest BCUT2D eigenvalue weighted by atomic mass is 19.4. The van der Waals surface area contributed by atoms with E-state index in [-0.39, 0.29) is 6.54 Å². The quantitative estimate of drug-likeness (QED) is 0.714. The highest BCUT2D eigenvalue weighted by Gasteiger charge is 2.34. The van der Waals surface area contributed by atoms with Crippen molar-refractivity contribution >= 4 is 0 Å². The maximum absolute atomic E-state index is 11.9. The van der Waals surface area contributed by atoms with Crippen LogP contribution in [0.3, 0.4) is 0 Å². The summed E-state index contributed by atoms with van der Waals surface area (Å²) in [5.41, 5.74) is 4.72. The predicted molar refractivity (Wildman–Crippen MR) is 41.8 cm³/mol. The Morgan fingerprint density at radius 3 is 1.92 bits per heavy atom. The van der Waals surface area contributed by atoms with Crippen molar-refractivity contribution in [3.8, 4) is 0 Å². The van der Waals surface area contributed by atoms with E-state index in [1.165, 1.54) is 11.9 Å². The molecule has 0 heterocycles. The molecule has 0 atom stereocenters. The molecule has 0 amide bonds. The zero-order chi connectivity index (χ0) is 9.99. The molecule has 0 aliphatic heterocycles. The molecule has 0 radical (unpaired) electrons. The highest BCUT2D eigenvalue weighted by molar-refractivity contribution is 4.81. The number of rotatable bonds is 3. The fraction of sp³-hybridized carbons (Fsp3) is 1.00. The lowest BCUT2D eigenvalue weighted by atomic mass is 10.0. The van der Waals surface area contributed by atoms with E-state index in [1.807, 2.05) is 0 Å². The smallest absolute Gasteiger partial charge is 0.329 e. The summed E-state index contributed by atoms with van der Waals surface area (Å²) in [6.45, 7) is 2.65. The van der Waals surface area contributed by atoms with Crippen molar-refractivity contribution in [1.82, 2.24) is 4.90 Å². The van der Waals surface area contributed by atoms with Crippen LogP contribution in [0.5, 0.6) is 0 Å². The lowest BCUT2D eigenvalue weighted by molar-refractivity contribution is -0.152. The van der Waals surface area contributed by atoms with E-state index in [4.69, 9.17) is 5.73 Å². The Bertz CT molecular complexity index is 142. The first-order valence-corrected chi connectivity index (χ1v) is 3.67. The second-order valence-electron chi connectivity index (χ2n) is 3.49. The fourth-order valence-corrected chi connectivity index (χ4v) is 0.639. The molecular formula is C7H15F3N2. The van der Waals surface area contributed by atoms with Crippen LogP contribution in [0.15, 0.2) is 0 Å². The molecule has 0 saturated heterocycles. The average Bonchev–Trinajstić information content (AvgIpc) is 1.84. The summed E-state index contributed by atoms with van der Waals surface area (Å²) in [6, 6.07) is 0. The van der Waals surface area contributed by atoms with Gasteiger partial charge in [0.15, 0.2) is 0 Å². The lowest BCUT2D eigenvalue weighted by Crippen LogP contribution is -2.50. The molecule has 2 N–H and O–H groups in total. The summed E-state index contributed by atoms with van der Waals surface area (Å²) >= 11 is 0. The molecular weight excluding hydrogens is 169 g/mol. The van der Waals surface area contributed by atoms with E-state index < -0.39 is 18.3 Å². The molecule has 0 aromatic carbocycles. The number of halogens is 3. The first kappa shape index (κ1) is 11.7. The Kier molecular flexibility index (Phi) is 3.53. The second kappa shape index (κ2) is 3.62. The van der Waals surface area contributed by atoms with Gasteiger partial charge in [0.25, 0.3) is 0 Å². The molecule has 0 aromatic rings. The van der Waals surface area contributed by atoms with Crippen molar-refractivity contribution in [3.63, 3.8) is 0 Å². The third-order valence-corrected chi connectivity index (χ3v) is 1.95. The summed E-state index contributed by atoms with van der Waals surface area (Å²) < 4.78 is 35.7. The Balaban J connectivity index is 4.13. The van der Waals surface area contributed by atoms with Gasteiger partial charge >= 0.3 is 6.18 Å². The minimum atomic E-state index is -4.15. The molecule has 12 heavy (non-hydrogen) atoms. The average molecular weight is 184 g/mol. The third-order valence-electron chi connectivity index (χ3n) is 1.95. The number of alkyl halides is 3. The molecule has 0 aromatic heterocycles. The molecule has 0 unspecified atom stereocenters. The number of hydrogen-bond acceptors (Lipinski definition) is 2. The molecule has 0 aliphatic carbocycles. The van der Waals surface area contributed by atoms with Crippen LogP contribution in [-0.4, -0.2) is 36.8 Å². The maximum atomic E-state index is 11.9. The van der Waals surface area contributed by atoms with Gasteiger partial charge in [-0.1, -0.05) is 0 Å². The summed E-state index contributed by atoms with van der Waals surface area (Å²) in [7, 11) is 1.42. The van der Waals surface area contributed by atoms with Gasteiger partial charge in [-0.3, -0.25) is 4.90 Å². The molecule has 0 fully saturated rings. The van der Waals surface area contributed by atoms with Crippen molar-refractivity contribution in [1.29, 1.82) is 0 Å². The van der Waals surface area contributed by atoms with Crippen molar-refractivity contribution in [2.75, 3.05) is 20.1 Å². The van der Waals surface area contributed by atoms with Crippen molar-refractivity contribution in [2.45, 2.75) is 25.6 Å². The zero-order valence-electron chi connectivity index (χ0n) is 7.57. The minimum Gasteiger partial charge on any atom is -0.329 e. The Labute approximate surface area is 70.5 Å². The van der Waals surface area contributed by atoms with E-state index in [0.29, 0.717) is 0 Å². The standard InChI is InChI=1S/C7H15F3N2/c1-6(2,4-11)12(3)5-7(8,9)10/h4-5,11H2,1-3H3. The minimum absolute atomic E-state index is 0.208. The third kappa shape index (κ3) is 3.92. The van der Waals surface area contributed by atoms with Crippen LogP contribution in [0.2, 0.25) is 0 Å².